The molecule has 3 atom stereocenters. The number of likely N-dealkylation sites (tertiary alicyclic amines) is 1. The van der Waals surface area contributed by atoms with Crippen molar-refractivity contribution < 1.29 is 4.79 Å². The third-order valence-corrected chi connectivity index (χ3v) is 8.28. The molecule has 0 bridgehead atoms. The van der Waals surface area contributed by atoms with Gasteiger partial charge in [0.2, 0.25) is 5.91 Å². The van der Waals surface area contributed by atoms with Crippen LogP contribution in [0.25, 0.3) is 10.9 Å². The molecule has 1 aromatic heterocycles. The number of hydrogen-bond donors (Lipinski definition) is 1. The number of benzene rings is 1. The highest BCUT2D eigenvalue weighted by molar-refractivity contribution is 5.91. The zero-order valence-corrected chi connectivity index (χ0v) is 18.9. The lowest BCUT2D eigenvalue weighted by Crippen LogP contribution is -2.50. The number of carbonyl (C=O) groups excluding carboxylic acids is 1. The molecule has 0 spiro atoms. The van der Waals surface area contributed by atoms with E-state index in [9.17, 15) is 4.79 Å². The highest BCUT2D eigenvalue weighted by Gasteiger charge is 2.43. The van der Waals surface area contributed by atoms with Crippen molar-refractivity contribution in [3.8, 4) is 0 Å². The number of nitrogens with zero attached hydrogens (tertiary/aromatic N) is 2. The highest BCUT2D eigenvalue weighted by atomic mass is 16.1. The molecule has 4 nitrogen and oxygen atoms in total. The second-order valence-corrected chi connectivity index (χ2v) is 10.5. The smallest absolute Gasteiger partial charge is 0.221 e. The summed E-state index contributed by atoms with van der Waals surface area (Å²) in [5, 5.41) is 1.50. The molecule has 2 aromatic rings. The van der Waals surface area contributed by atoms with Crippen molar-refractivity contribution >= 4 is 16.8 Å². The molecule has 1 aliphatic heterocycles. The number of nitrogens with two attached hydrogens (primary N) is 1. The van der Waals surface area contributed by atoms with E-state index in [4.69, 9.17) is 5.73 Å². The molecule has 3 aliphatic rings. The minimum absolute atomic E-state index is 0.0396. The Morgan fingerprint density at radius 3 is 2.53 bits per heavy atom. The van der Waals surface area contributed by atoms with Gasteiger partial charge in [-0.25, -0.2) is 0 Å². The molecular formula is C26H37N3O. The van der Waals surface area contributed by atoms with Gasteiger partial charge >= 0.3 is 0 Å². The average Bonchev–Trinajstić information content (AvgIpc) is 2.90. The third kappa shape index (κ3) is 3.19. The molecule has 30 heavy (non-hydrogen) atoms. The van der Waals surface area contributed by atoms with E-state index in [1.807, 2.05) is 0 Å². The Labute approximate surface area is 180 Å². The Morgan fingerprint density at radius 2 is 1.87 bits per heavy atom. The van der Waals surface area contributed by atoms with Crippen LogP contribution >= 0.6 is 0 Å². The molecule has 162 valence electrons. The van der Waals surface area contributed by atoms with Crippen LogP contribution in [0.15, 0.2) is 18.3 Å². The Morgan fingerprint density at radius 1 is 1.13 bits per heavy atom. The number of rotatable bonds is 3. The summed E-state index contributed by atoms with van der Waals surface area (Å²) in [7, 11) is 2.20. The minimum Gasteiger partial charge on any atom is -0.369 e. The maximum absolute atomic E-state index is 12.2. The quantitative estimate of drug-likeness (QED) is 0.719. The second kappa shape index (κ2) is 7.71. The summed E-state index contributed by atoms with van der Waals surface area (Å²) in [6, 6.07) is 5.77. The van der Waals surface area contributed by atoms with Crippen LogP contribution in [0.4, 0.5) is 0 Å². The van der Waals surface area contributed by atoms with Crippen LogP contribution in [-0.2, 0) is 11.2 Å². The summed E-state index contributed by atoms with van der Waals surface area (Å²) in [5.41, 5.74) is 11.9. The number of primary amides is 1. The van der Waals surface area contributed by atoms with Crippen LogP contribution in [0.5, 0.6) is 0 Å². The number of likely N-dealkylation sites (N-methyl/N-ethyl adjacent to an activating group) is 1. The SMILES string of the molecule is CC(C)n1cc2c3c(c(C4CCCCCC4)ccc31)[C@H]1C[C@@H](C(N)=O)CN(C)[C@@H]1C2. The van der Waals surface area contributed by atoms with Crippen LogP contribution in [0.1, 0.15) is 93.4 Å². The molecule has 1 aromatic carbocycles. The fourth-order valence-corrected chi connectivity index (χ4v) is 6.77. The number of hydrogen-bond acceptors (Lipinski definition) is 2. The molecule has 4 heteroatoms. The van der Waals surface area contributed by atoms with Crippen molar-refractivity contribution in [2.75, 3.05) is 13.6 Å². The lowest BCUT2D eigenvalue weighted by atomic mass is 9.69. The second-order valence-electron chi connectivity index (χ2n) is 10.5. The monoisotopic (exact) mass is 407 g/mol. The van der Waals surface area contributed by atoms with Crippen LogP contribution in [0.3, 0.4) is 0 Å². The van der Waals surface area contributed by atoms with Gasteiger partial charge < -0.3 is 15.2 Å². The maximum Gasteiger partial charge on any atom is 0.221 e. The van der Waals surface area contributed by atoms with Gasteiger partial charge in [0.25, 0.3) is 0 Å². The molecule has 0 radical (unpaired) electrons. The molecule has 2 heterocycles. The number of carbonyl (C=O) groups is 1. The van der Waals surface area contributed by atoms with Crippen LogP contribution in [0, 0.1) is 5.92 Å². The molecule has 5 rings (SSSR count). The van der Waals surface area contributed by atoms with Crippen molar-refractivity contribution in [3.05, 3.63) is 35.0 Å². The summed E-state index contributed by atoms with van der Waals surface area (Å²) >= 11 is 0. The number of piperidine rings is 1. The standard InChI is InChI=1S/C26H37N3O/c1-16(2)29-15-18-13-23-21(12-19(26(27)30)14-28(23)3)25-20(10-11-22(29)24(18)25)17-8-6-4-5-7-9-17/h10-11,15-17,19,21,23H,4-9,12-14H2,1-3H3,(H2,27,30)/t19-,21+,23-/m1/s1. The van der Waals surface area contributed by atoms with E-state index in [-0.39, 0.29) is 11.8 Å². The van der Waals surface area contributed by atoms with Crippen LogP contribution < -0.4 is 5.73 Å². The average molecular weight is 408 g/mol. The zero-order valence-electron chi connectivity index (χ0n) is 18.9. The first-order chi connectivity index (χ1) is 14.5. The van der Waals surface area contributed by atoms with Crippen LogP contribution in [0.2, 0.25) is 0 Å². The lowest BCUT2D eigenvalue weighted by molar-refractivity contribution is -0.124. The predicted octanol–water partition coefficient (Wildman–Crippen LogP) is 5.11. The molecule has 2 aliphatic carbocycles. The van der Waals surface area contributed by atoms with E-state index in [0.717, 1.165) is 19.4 Å². The Balaban J connectivity index is 1.70. The van der Waals surface area contributed by atoms with Crippen molar-refractivity contribution in [1.82, 2.24) is 9.47 Å². The van der Waals surface area contributed by atoms with Gasteiger partial charge in [0.15, 0.2) is 0 Å². The van der Waals surface area contributed by atoms with Gasteiger partial charge in [0.1, 0.15) is 0 Å². The molecular weight excluding hydrogens is 370 g/mol. The van der Waals surface area contributed by atoms with Gasteiger partial charge in [-0.2, -0.15) is 0 Å². The zero-order chi connectivity index (χ0) is 21.0. The summed E-state index contributed by atoms with van der Waals surface area (Å²) in [6.07, 6.45) is 12.5. The fourth-order valence-electron chi connectivity index (χ4n) is 6.77. The molecule has 2 N–H and O–H groups in total. The molecule has 2 fully saturated rings. The van der Waals surface area contributed by atoms with E-state index in [1.54, 1.807) is 11.1 Å². The molecule has 0 unspecified atom stereocenters. The Bertz CT molecular complexity index is 951. The maximum atomic E-state index is 12.2. The summed E-state index contributed by atoms with van der Waals surface area (Å²) < 4.78 is 2.47. The van der Waals surface area contributed by atoms with Crippen molar-refractivity contribution in [3.63, 3.8) is 0 Å². The summed E-state index contributed by atoms with van der Waals surface area (Å²) in [5.74, 6) is 0.912. The molecule has 1 saturated heterocycles. The van der Waals surface area contributed by atoms with Gasteiger partial charge in [0.05, 0.1) is 5.92 Å². The summed E-state index contributed by atoms with van der Waals surface area (Å²) in [4.78, 5) is 14.6. The number of aromatic nitrogens is 1. The van der Waals surface area contributed by atoms with E-state index in [0.29, 0.717) is 23.9 Å². The largest absolute Gasteiger partial charge is 0.369 e. The Hall–Kier alpha value is -1.81. The molecule has 1 amide bonds. The first-order valence-corrected chi connectivity index (χ1v) is 12.1. The van der Waals surface area contributed by atoms with Gasteiger partial charge in [-0.15, -0.1) is 0 Å². The highest BCUT2D eigenvalue weighted by Crippen LogP contribution is 2.49. The normalized spacial score (nSPS) is 27.9. The minimum atomic E-state index is -0.131. The number of fused-ring (bicyclic) bond motifs is 2. The van der Waals surface area contributed by atoms with Gasteiger partial charge in [-0.3, -0.25) is 4.79 Å². The molecule has 1 saturated carbocycles. The van der Waals surface area contributed by atoms with E-state index in [2.05, 4.69) is 48.7 Å². The van der Waals surface area contributed by atoms with E-state index >= 15 is 0 Å². The number of amides is 1. The third-order valence-electron chi connectivity index (χ3n) is 8.28. The van der Waals surface area contributed by atoms with Crippen molar-refractivity contribution in [2.45, 2.75) is 89.1 Å². The van der Waals surface area contributed by atoms with Crippen molar-refractivity contribution in [2.24, 2.45) is 11.7 Å². The van der Waals surface area contributed by atoms with E-state index in [1.165, 1.54) is 55.0 Å². The Kier molecular flexibility index (Phi) is 5.17. The first-order valence-electron chi connectivity index (χ1n) is 12.1. The first kappa shape index (κ1) is 20.1. The fraction of sp³-hybridized carbons (Fsp3) is 0.654. The topological polar surface area (TPSA) is 51.3 Å². The van der Waals surface area contributed by atoms with Gasteiger partial charge in [0, 0.05) is 41.6 Å². The summed E-state index contributed by atoms with van der Waals surface area (Å²) in [6.45, 7) is 5.36. The lowest BCUT2D eigenvalue weighted by Gasteiger charge is -2.46. The van der Waals surface area contributed by atoms with Gasteiger partial charge in [-0.1, -0.05) is 31.7 Å². The van der Waals surface area contributed by atoms with Crippen LogP contribution in [-0.4, -0.2) is 35.0 Å². The van der Waals surface area contributed by atoms with E-state index < -0.39 is 0 Å². The van der Waals surface area contributed by atoms with Gasteiger partial charge in [-0.05, 0) is 75.3 Å². The van der Waals surface area contributed by atoms with Crippen molar-refractivity contribution in [1.29, 1.82) is 0 Å². The predicted molar refractivity (Wildman–Crippen MR) is 123 cm³/mol.